The SMILES string of the molecule is C[C@@H]1CC(=O)Nc2c1c(NC(=O)c1nc3ccccc3s1)nn2C. The molecule has 24 heavy (non-hydrogen) atoms. The molecule has 0 spiro atoms. The summed E-state index contributed by atoms with van der Waals surface area (Å²) >= 11 is 1.34. The molecule has 122 valence electrons. The highest BCUT2D eigenvalue weighted by molar-refractivity contribution is 7.20. The maximum Gasteiger partial charge on any atom is 0.285 e. The Bertz CT molecular complexity index is 941. The third-order valence-corrected chi connectivity index (χ3v) is 5.08. The average molecular weight is 341 g/mol. The van der Waals surface area contributed by atoms with Crippen LogP contribution in [0, 0.1) is 0 Å². The van der Waals surface area contributed by atoms with Crippen molar-refractivity contribution in [2.24, 2.45) is 7.05 Å². The summed E-state index contributed by atoms with van der Waals surface area (Å²) < 4.78 is 2.54. The van der Waals surface area contributed by atoms with E-state index in [9.17, 15) is 9.59 Å². The molecule has 7 nitrogen and oxygen atoms in total. The number of carbonyl (C=O) groups is 2. The van der Waals surface area contributed by atoms with Gasteiger partial charge in [-0.2, -0.15) is 5.10 Å². The molecule has 2 N–H and O–H groups in total. The van der Waals surface area contributed by atoms with Crippen LogP contribution in [-0.2, 0) is 11.8 Å². The minimum absolute atomic E-state index is 0.00637. The largest absolute Gasteiger partial charge is 0.311 e. The van der Waals surface area contributed by atoms with Gasteiger partial charge in [0.2, 0.25) is 5.91 Å². The fourth-order valence-electron chi connectivity index (χ4n) is 2.94. The van der Waals surface area contributed by atoms with Gasteiger partial charge in [0.15, 0.2) is 10.8 Å². The van der Waals surface area contributed by atoms with Gasteiger partial charge in [-0.15, -0.1) is 11.3 Å². The lowest BCUT2D eigenvalue weighted by Gasteiger charge is -2.20. The van der Waals surface area contributed by atoms with Crippen molar-refractivity contribution >= 4 is 45.0 Å². The van der Waals surface area contributed by atoms with Crippen molar-refractivity contribution in [3.05, 3.63) is 34.8 Å². The van der Waals surface area contributed by atoms with E-state index >= 15 is 0 Å². The van der Waals surface area contributed by atoms with Gasteiger partial charge in [-0.1, -0.05) is 19.1 Å². The van der Waals surface area contributed by atoms with Crippen LogP contribution in [0.5, 0.6) is 0 Å². The van der Waals surface area contributed by atoms with E-state index in [0.717, 1.165) is 15.8 Å². The van der Waals surface area contributed by atoms with Crippen molar-refractivity contribution in [3.8, 4) is 0 Å². The second kappa shape index (κ2) is 5.41. The molecule has 0 unspecified atom stereocenters. The van der Waals surface area contributed by atoms with Crippen molar-refractivity contribution in [1.29, 1.82) is 0 Å². The minimum Gasteiger partial charge on any atom is -0.311 e. The Balaban J connectivity index is 1.67. The van der Waals surface area contributed by atoms with Gasteiger partial charge in [0.25, 0.3) is 5.91 Å². The van der Waals surface area contributed by atoms with Crippen LogP contribution in [0.25, 0.3) is 10.2 Å². The van der Waals surface area contributed by atoms with Crippen molar-refractivity contribution < 1.29 is 9.59 Å². The van der Waals surface area contributed by atoms with E-state index in [4.69, 9.17) is 0 Å². The number of hydrogen-bond acceptors (Lipinski definition) is 5. The van der Waals surface area contributed by atoms with Crippen molar-refractivity contribution in [2.75, 3.05) is 10.6 Å². The molecule has 1 aromatic carbocycles. The fraction of sp³-hybridized carbons (Fsp3) is 0.250. The van der Waals surface area contributed by atoms with Crippen LogP contribution in [0.3, 0.4) is 0 Å². The second-order valence-corrected chi connectivity index (χ2v) is 6.86. The second-order valence-electron chi connectivity index (χ2n) is 5.83. The van der Waals surface area contributed by atoms with Crippen LogP contribution >= 0.6 is 11.3 Å². The lowest BCUT2D eigenvalue weighted by molar-refractivity contribution is -0.116. The fourth-order valence-corrected chi connectivity index (χ4v) is 3.80. The summed E-state index contributed by atoms with van der Waals surface area (Å²) in [6.07, 6.45) is 0.378. The van der Waals surface area contributed by atoms with Crippen LogP contribution in [0.2, 0.25) is 0 Å². The third kappa shape index (κ3) is 2.35. The maximum absolute atomic E-state index is 12.5. The molecule has 0 bridgehead atoms. The first-order valence-electron chi connectivity index (χ1n) is 7.56. The molecule has 3 aromatic rings. The number of benzene rings is 1. The molecule has 1 aliphatic rings. The Morgan fingerprint density at radius 3 is 3.00 bits per heavy atom. The summed E-state index contributed by atoms with van der Waals surface area (Å²) in [6.45, 7) is 1.95. The van der Waals surface area contributed by atoms with Gasteiger partial charge < -0.3 is 10.6 Å². The normalized spacial score (nSPS) is 16.8. The summed E-state index contributed by atoms with van der Waals surface area (Å²) in [5, 5.41) is 10.4. The predicted molar refractivity (Wildman–Crippen MR) is 92.4 cm³/mol. The topological polar surface area (TPSA) is 88.9 Å². The maximum atomic E-state index is 12.5. The van der Waals surface area contributed by atoms with E-state index in [1.807, 2.05) is 31.2 Å². The number of para-hydroxylation sites is 1. The van der Waals surface area contributed by atoms with Crippen LogP contribution in [0.15, 0.2) is 24.3 Å². The number of thiazole rings is 1. The Hall–Kier alpha value is -2.74. The number of nitrogens with one attached hydrogen (secondary N) is 2. The highest BCUT2D eigenvalue weighted by atomic mass is 32.1. The molecule has 1 atom stereocenters. The van der Waals surface area contributed by atoms with Crippen LogP contribution in [-0.4, -0.2) is 26.6 Å². The summed E-state index contributed by atoms with van der Waals surface area (Å²) in [6, 6.07) is 7.62. The molecular formula is C16H15N5O2S. The van der Waals surface area contributed by atoms with Gasteiger partial charge in [0, 0.05) is 19.0 Å². The van der Waals surface area contributed by atoms with E-state index in [2.05, 4.69) is 20.7 Å². The van der Waals surface area contributed by atoms with Crippen molar-refractivity contribution in [3.63, 3.8) is 0 Å². The van der Waals surface area contributed by atoms with E-state index in [1.165, 1.54) is 11.3 Å². The van der Waals surface area contributed by atoms with Crippen molar-refractivity contribution in [1.82, 2.24) is 14.8 Å². The first kappa shape index (κ1) is 14.8. The molecule has 3 heterocycles. The average Bonchev–Trinajstić information content (AvgIpc) is 3.09. The molecular weight excluding hydrogens is 326 g/mol. The van der Waals surface area contributed by atoms with Gasteiger partial charge in [0.05, 0.1) is 10.2 Å². The number of aryl methyl sites for hydroxylation is 1. The standard InChI is InChI=1S/C16H15N5O2S/c1-8-7-11(22)18-14-12(8)13(20-21(14)2)19-15(23)16-17-9-5-3-4-6-10(9)24-16/h3-6,8H,7H2,1-2H3,(H,18,22)(H,19,20,23)/t8-/m1/s1. The molecule has 8 heteroatoms. The lowest BCUT2D eigenvalue weighted by Crippen LogP contribution is -2.23. The molecule has 2 amide bonds. The highest BCUT2D eigenvalue weighted by Gasteiger charge is 2.30. The van der Waals surface area contributed by atoms with E-state index < -0.39 is 0 Å². The van der Waals surface area contributed by atoms with E-state index in [-0.39, 0.29) is 17.7 Å². The van der Waals surface area contributed by atoms with Gasteiger partial charge in [-0.05, 0) is 18.1 Å². The van der Waals surface area contributed by atoms with Gasteiger partial charge in [-0.25, -0.2) is 4.98 Å². The molecule has 0 saturated heterocycles. The Labute approximate surface area is 141 Å². The van der Waals surface area contributed by atoms with E-state index in [1.54, 1.807) is 11.7 Å². The molecule has 1 aliphatic heterocycles. The number of fused-ring (bicyclic) bond motifs is 2. The smallest absolute Gasteiger partial charge is 0.285 e. The highest BCUT2D eigenvalue weighted by Crippen LogP contribution is 2.37. The molecule has 4 rings (SSSR count). The quantitative estimate of drug-likeness (QED) is 0.750. The first-order valence-corrected chi connectivity index (χ1v) is 8.38. The molecule has 0 saturated carbocycles. The zero-order chi connectivity index (χ0) is 16.8. The number of nitrogens with zero attached hydrogens (tertiary/aromatic N) is 3. The Kier molecular flexibility index (Phi) is 3.34. The van der Waals surface area contributed by atoms with Crippen molar-refractivity contribution in [2.45, 2.75) is 19.3 Å². The number of anilines is 2. The summed E-state index contributed by atoms with van der Waals surface area (Å²) in [4.78, 5) is 28.6. The number of carbonyl (C=O) groups excluding carboxylic acids is 2. The third-order valence-electron chi connectivity index (χ3n) is 4.05. The summed E-state index contributed by atoms with van der Waals surface area (Å²) in [7, 11) is 1.74. The number of hydrogen-bond donors (Lipinski definition) is 2. The zero-order valence-electron chi connectivity index (χ0n) is 13.2. The summed E-state index contributed by atoms with van der Waals surface area (Å²) in [5.74, 6) is 0.777. The molecule has 0 fully saturated rings. The number of aromatic nitrogens is 3. The van der Waals surface area contributed by atoms with Crippen LogP contribution in [0.1, 0.15) is 34.6 Å². The monoisotopic (exact) mass is 341 g/mol. The Morgan fingerprint density at radius 2 is 2.21 bits per heavy atom. The lowest BCUT2D eigenvalue weighted by atomic mass is 9.95. The van der Waals surface area contributed by atoms with E-state index in [0.29, 0.717) is 23.1 Å². The van der Waals surface area contributed by atoms with Gasteiger partial charge >= 0.3 is 0 Å². The predicted octanol–water partition coefficient (Wildman–Crippen LogP) is 2.73. The minimum atomic E-state index is -0.291. The Morgan fingerprint density at radius 1 is 1.42 bits per heavy atom. The molecule has 0 aliphatic carbocycles. The molecule has 2 aromatic heterocycles. The zero-order valence-corrected chi connectivity index (χ0v) is 14.0. The number of rotatable bonds is 2. The first-order chi connectivity index (χ1) is 11.5. The van der Waals surface area contributed by atoms with Gasteiger partial charge in [0.1, 0.15) is 5.82 Å². The van der Waals surface area contributed by atoms with Crippen LogP contribution < -0.4 is 10.6 Å². The molecule has 0 radical (unpaired) electrons. The number of amides is 2. The van der Waals surface area contributed by atoms with Gasteiger partial charge in [-0.3, -0.25) is 14.3 Å². The van der Waals surface area contributed by atoms with Crippen LogP contribution in [0.4, 0.5) is 11.6 Å². The summed E-state index contributed by atoms with van der Waals surface area (Å²) in [5.41, 5.74) is 1.66.